The van der Waals surface area contributed by atoms with Crippen LogP contribution in [0, 0.1) is 0 Å². The van der Waals surface area contributed by atoms with Crippen molar-refractivity contribution in [3.05, 3.63) is 210 Å². The number of hydrogen-bond acceptors (Lipinski definition) is 3. The van der Waals surface area contributed by atoms with Gasteiger partial charge in [-0.3, -0.25) is 4.98 Å². The maximum absolute atomic E-state index is 5.25. The number of pyridine rings is 1. The molecule has 0 saturated heterocycles. The molecule has 0 unspecified atom stereocenters. The molecule has 0 bridgehead atoms. The highest BCUT2D eigenvalue weighted by molar-refractivity contribution is 5.92. The quantitative estimate of drug-likeness (QED) is 0.190. The van der Waals surface area contributed by atoms with Crippen LogP contribution in [0.4, 0.5) is 0 Å². The van der Waals surface area contributed by atoms with E-state index in [0.29, 0.717) is 5.82 Å². The van der Waals surface area contributed by atoms with Crippen LogP contribution < -0.4 is 0 Å². The Morgan fingerprint density at radius 2 is 0.941 bits per heavy atom. The molecule has 10 rings (SSSR count). The predicted octanol–water partition coefficient (Wildman–Crippen LogP) is 11.4. The third kappa shape index (κ3) is 4.63. The van der Waals surface area contributed by atoms with Crippen LogP contribution in [0.25, 0.3) is 68.3 Å². The smallest absolute Gasteiger partial charge is 0.160 e. The van der Waals surface area contributed by atoms with E-state index in [4.69, 9.17) is 9.97 Å². The van der Waals surface area contributed by atoms with Gasteiger partial charge in [0.1, 0.15) is 0 Å². The first-order valence-corrected chi connectivity index (χ1v) is 17.3. The maximum Gasteiger partial charge on any atom is 0.160 e. The van der Waals surface area contributed by atoms with E-state index in [1.165, 1.54) is 44.5 Å². The molecule has 2 aromatic heterocycles. The topological polar surface area (TPSA) is 38.7 Å². The lowest BCUT2D eigenvalue weighted by molar-refractivity contribution is 0.766. The Labute approximate surface area is 297 Å². The summed E-state index contributed by atoms with van der Waals surface area (Å²) in [5, 5.41) is 0. The van der Waals surface area contributed by atoms with Crippen molar-refractivity contribution < 1.29 is 0 Å². The lowest BCUT2D eigenvalue weighted by atomic mass is 9.66. The Bertz CT molecular complexity index is 2570. The third-order valence-electron chi connectivity index (χ3n) is 10.4. The normalized spacial score (nSPS) is 13.2. The molecule has 0 amide bonds. The molecule has 0 atom stereocenters. The lowest BCUT2D eigenvalue weighted by Gasteiger charge is -2.35. The van der Waals surface area contributed by atoms with E-state index in [-0.39, 0.29) is 0 Å². The molecule has 8 aromatic rings. The van der Waals surface area contributed by atoms with Crippen LogP contribution in [-0.4, -0.2) is 15.0 Å². The minimum atomic E-state index is -0.501. The zero-order valence-electron chi connectivity index (χ0n) is 27.7. The SMILES string of the molecule is C1=Cc2ccccc2C2(c3ccccc31)c1ccccc1-c1ccc(-c3cc(-c4ccc(-c5cccnc5)cc4)nc(-c4ccccc4)n3)cc12. The summed E-state index contributed by atoms with van der Waals surface area (Å²) in [5.41, 5.74) is 16.7. The first kappa shape index (κ1) is 29.2. The highest BCUT2D eigenvalue weighted by Gasteiger charge is 2.48. The van der Waals surface area contributed by atoms with Crippen molar-refractivity contribution in [1.29, 1.82) is 0 Å². The zero-order chi connectivity index (χ0) is 33.8. The number of hydrogen-bond donors (Lipinski definition) is 0. The molecule has 6 aromatic carbocycles. The molecule has 0 N–H and O–H groups in total. The second kappa shape index (κ2) is 11.7. The summed E-state index contributed by atoms with van der Waals surface area (Å²) in [5.74, 6) is 0.701. The van der Waals surface area contributed by atoms with E-state index < -0.39 is 5.41 Å². The molecule has 0 aliphatic heterocycles. The number of aromatic nitrogens is 3. The lowest BCUT2D eigenvalue weighted by Crippen LogP contribution is -2.30. The van der Waals surface area contributed by atoms with E-state index in [1.54, 1.807) is 6.20 Å². The Morgan fingerprint density at radius 1 is 0.373 bits per heavy atom. The minimum Gasteiger partial charge on any atom is -0.264 e. The van der Waals surface area contributed by atoms with Gasteiger partial charge in [-0.05, 0) is 73.8 Å². The van der Waals surface area contributed by atoms with Gasteiger partial charge >= 0.3 is 0 Å². The minimum absolute atomic E-state index is 0.501. The molecular weight excluding hydrogens is 619 g/mol. The molecule has 2 aliphatic rings. The van der Waals surface area contributed by atoms with Crippen molar-refractivity contribution in [3.63, 3.8) is 0 Å². The molecule has 0 radical (unpaired) electrons. The average Bonchev–Trinajstić information content (AvgIpc) is 3.41. The van der Waals surface area contributed by atoms with Crippen LogP contribution in [0.15, 0.2) is 176 Å². The standard InChI is InChI=1S/C48H31N3/c1-2-13-36(14-3-1)47-50-45(35-24-20-32(21-25-35)38-15-10-28-49-31-38)30-46(51-47)37-26-27-40-39-16-6-9-19-43(39)48(44(40)29-37)41-17-7-4-11-33(41)22-23-34-12-5-8-18-42(34)48/h1-31H. The molecule has 3 heteroatoms. The van der Waals surface area contributed by atoms with Gasteiger partial charge in [-0.15, -0.1) is 0 Å². The van der Waals surface area contributed by atoms with Gasteiger partial charge in [0.15, 0.2) is 5.82 Å². The van der Waals surface area contributed by atoms with Gasteiger partial charge in [-0.25, -0.2) is 9.97 Å². The van der Waals surface area contributed by atoms with Crippen LogP contribution in [-0.2, 0) is 5.41 Å². The first-order chi connectivity index (χ1) is 25.3. The summed E-state index contributed by atoms with van der Waals surface area (Å²) in [6, 6.07) is 58.6. The zero-order valence-corrected chi connectivity index (χ0v) is 27.7. The van der Waals surface area contributed by atoms with Crippen molar-refractivity contribution in [2.45, 2.75) is 5.41 Å². The molecule has 51 heavy (non-hydrogen) atoms. The van der Waals surface area contributed by atoms with Gasteiger partial charge in [0, 0.05) is 29.1 Å². The van der Waals surface area contributed by atoms with Crippen LogP contribution in [0.3, 0.4) is 0 Å². The largest absolute Gasteiger partial charge is 0.264 e. The van der Waals surface area contributed by atoms with E-state index in [0.717, 1.165) is 39.2 Å². The van der Waals surface area contributed by atoms with Gasteiger partial charge in [-0.2, -0.15) is 0 Å². The first-order valence-electron chi connectivity index (χ1n) is 17.3. The van der Waals surface area contributed by atoms with Gasteiger partial charge in [0.25, 0.3) is 0 Å². The second-order valence-corrected chi connectivity index (χ2v) is 13.2. The van der Waals surface area contributed by atoms with E-state index in [2.05, 4.69) is 157 Å². The Morgan fingerprint density at radius 3 is 1.65 bits per heavy atom. The fourth-order valence-electron chi connectivity index (χ4n) is 8.14. The highest BCUT2D eigenvalue weighted by Crippen LogP contribution is 2.59. The molecule has 238 valence electrons. The van der Waals surface area contributed by atoms with Crippen molar-refractivity contribution in [2.75, 3.05) is 0 Å². The second-order valence-electron chi connectivity index (χ2n) is 13.2. The molecule has 0 fully saturated rings. The summed E-state index contributed by atoms with van der Waals surface area (Å²) < 4.78 is 0. The van der Waals surface area contributed by atoms with Crippen molar-refractivity contribution in [1.82, 2.24) is 15.0 Å². The molecule has 2 aliphatic carbocycles. The molecular formula is C48H31N3. The summed E-state index contributed by atoms with van der Waals surface area (Å²) in [7, 11) is 0. The van der Waals surface area contributed by atoms with Crippen molar-refractivity contribution in [3.8, 4) is 56.2 Å². The van der Waals surface area contributed by atoms with Gasteiger partial charge in [0.05, 0.1) is 16.8 Å². The van der Waals surface area contributed by atoms with Crippen LogP contribution in [0.2, 0.25) is 0 Å². The fraction of sp³-hybridized carbons (Fsp3) is 0.0208. The number of benzene rings is 6. The molecule has 2 heterocycles. The molecule has 3 nitrogen and oxygen atoms in total. The van der Waals surface area contributed by atoms with Gasteiger partial charge < -0.3 is 0 Å². The summed E-state index contributed by atoms with van der Waals surface area (Å²) >= 11 is 0. The monoisotopic (exact) mass is 649 g/mol. The number of nitrogens with zero attached hydrogens (tertiary/aromatic N) is 3. The van der Waals surface area contributed by atoms with E-state index in [1.807, 2.05) is 30.5 Å². The Balaban J connectivity index is 1.20. The van der Waals surface area contributed by atoms with E-state index >= 15 is 0 Å². The highest BCUT2D eigenvalue weighted by atomic mass is 14.9. The predicted molar refractivity (Wildman–Crippen MR) is 208 cm³/mol. The van der Waals surface area contributed by atoms with Crippen molar-refractivity contribution in [2.24, 2.45) is 0 Å². The summed E-state index contributed by atoms with van der Waals surface area (Å²) in [6.07, 6.45) is 8.24. The van der Waals surface area contributed by atoms with E-state index in [9.17, 15) is 0 Å². The average molecular weight is 650 g/mol. The third-order valence-corrected chi connectivity index (χ3v) is 10.4. The van der Waals surface area contributed by atoms with Gasteiger partial charge in [-0.1, -0.05) is 158 Å². The van der Waals surface area contributed by atoms with Crippen LogP contribution >= 0.6 is 0 Å². The Kier molecular flexibility index (Phi) is 6.71. The molecule has 0 saturated carbocycles. The number of fused-ring (bicyclic) bond motifs is 9. The summed E-state index contributed by atoms with van der Waals surface area (Å²) in [6.45, 7) is 0. The van der Waals surface area contributed by atoms with Crippen LogP contribution in [0.1, 0.15) is 33.4 Å². The summed E-state index contributed by atoms with van der Waals surface area (Å²) in [4.78, 5) is 14.7. The van der Waals surface area contributed by atoms with Crippen molar-refractivity contribution >= 4 is 12.2 Å². The van der Waals surface area contributed by atoms with Gasteiger partial charge in [0.2, 0.25) is 0 Å². The Hall–Kier alpha value is -6.71. The number of rotatable bonds is 4. The molecule has 1 spiro atoms. The fourth-order valence-corrected chi connectivity index (χ4v) is 8.14. The maximum atomic E-state index is 5.25. The van der Waals surface area contributed by atoms with Crippen LogP contribution in [0.5, 0.6) is 0 Å².